The molecular formula is C14H30N4O2S2. The fourth-order valence-corrected chi connectivity index (χ4v) is 3.71. The van der Waals surface area contributed by atoms with Gasteiger partial charge in [0.1, 0.15) is 0 Å². The van der Waals surface area contributed by atoms with Gasteiger partial charge in [0.25, 0.3) is 0 Å². The highest BCUT2D eigenvalue weighted by Gasteiger charge is 2.00. The third-order valence-electron chi connectivity index (χ3n) is 2.75. The van der Waals surface area contributed by atoms with Gasteiger partial charge in [0, 0.05) is 37.4 Å². The minimum absolute atomic E-state index is 0.0912. The summed E-state index contributed by atoms with van der Waals surface area (Å²) in [5.41, 5.74) is 10.7. The Bertz CT molecular complexity index is 266. The fourth-order valence-electron chi connectivity index (χ4n) is 1.54. The molecule has 0 aliphatic rings. The molecule has 0 radical (unpaired) electrons. The Hall–Kier alpha value is -0.440. The van der Waals surface area contributed by atoms with Gasteiger partial charge in [-0.2, -0.15) is 0 Å². The molecule has 0 atom stereocenters. The van der Waals surface area contributed by atoms with Crippen LogP contribution in [0.4, 0.5) is 0 Å². The Balaban J connectivity index is 3.17. The molecule has 6 nitrogen and oxygen atoms in total. The standard InChI is InChI=1S/C14H30N4O2S2/c15-7-1-5-13(19)17-9-3-11-21-22-12-4-10-18-14(20)6-2-8-16/h1-12,15-16H2,(H,17,19)(H,18,20). The van der Waals surface area contributed by atoms with Gasteiger partial charge in [-0.15, -0.1) is 0 Å². The van der Waals surface area contributed by atoms with Crippen molar-refractivity contribution in [2.75, 3.05) is 37.7 Å². The van der Waals surface area contributed by atoms with Crippen LogP contribution in [0, 0.1) is 0 Å². The van der Waals surface area contributed by atoms with Crippen molar-refractivity contribution in [3.8, 4) is 0 Å². The van der Waals surface area contributed by atoms with Crippen LogP contribution < -0.4 is 22.1 Å². The number of nitrogens with one attached hydrogen (secondary N) is 2. The predicted molar refractivity (Wildman–Crippen MR) is 96.7 cm³/mol. The minimum atomic E-state index is 0.0912. The molecule has 0 bridgehead atoms. The summed E-state index contributed by atoms with van der Waals surface area (Å²) in [6.45, 7) is 2.59. The molecule has 22 heavy (non-hydrogen) atoms. The highest BCUT2D eigenvalue weighted by atomic mass is 33.1. The molecule has 2 amide bonds. The Morgan fingerprint density at radius 3 is 1.50 bits per heavy atom. The lowest BCUT2D eigenvalue weighted by Gasteiger charge is -2.05. The smallest absolute Gasteiger partial charge is 0.220 e. The third-order valence-corrected chi connectivity index (χ3v) is 5.33. The first-order chi connectivity index (χ1) is 10.7. The molecule has 0 aliphatic carbocycles. The van der Waals surface area contributed by atoms with Crippen LogP contribution in [0.3, 0.4) is 0 Å². The topological polar surface area (TPSA) is 110 Å². The van der Waals surface area contributed by atoms with Crippen molar-refractivity contribution in [3.63, 3.8) is 0 Å². The van der Waals surface area contributed by atoms with Gasteiger partial charge in [0.2, 0.25) is 11.8 Å². The quantitative estimate of drug-likeness (QED) is 0.257. The normalized spacial score (nSPS) is 10.5. The van der Waals surface area contributed by atoms with Gasteiger partial charge in [0.05, 0.1) is 0 Å². The summed E-state index contributed by atoms with van der Waals surface area (Å²) >= 11 is 0. The summed E-state index contributed by atoms with van der Waals surface area (Å²) in [6, 6.07) is 0. The second kappa shape index (κ2) is 16.9. The third kappa shape index (κ3) is 15.9. The monoisotopic (exact) mass is 350 g/mol. The summed E-state index contributed by atoms with van der Waals surface area (Å²) in [5.74, 6) is 2.22. The van der Waals surface area contributed by atoms with Crippen LogP contribution >= 0.6 is 21.6 Å². The number of nitrogens with two attached hydrogens (primary N) is 2. The molecule has 0 saturated heterocycles. The molecule has 0 rings (SSSR count). The van der Waals surface area contributed by atoms with E-state index in [0.717, 1.165) is 50.3 Å². The molecule has 0 aliphatic heterocycles. The first-order valence-electron chi connectivity index (χ1n) is 7.88. The lowest BCUT2D eigenvalue weighted by Crippen LogP contribution is -2.25. The van der Waals surface area contributed by atoms with E-state index in [4.69, 9.17) is 11.5 Å². The Kier molecular flexibility index (Phi) is 16.6. The summed E-state index contributed by atoms with van der Waals surface area (Å²) in [6.07, 6.45) is 4.49. The van der Waals surface area contributed by atoms with Crippen LogP contribution in [0.5, 0.6) is 0 Å². The zero-order valence-corrected chi connectivity index (χ0v) is 14.9. The molecule has 0 unspecified atom stereocenters. The maximum Gasteiger partial charge on any atom is 0.220 e. The molecule has 0 aromatic rings. The average molecular weight is 351 g/mol. The van der Waals surface area contributed by atoms with Crippen molar-refractivity contribution < 1.29 is 9.59 Å². The summed E-state index contributed by atoms with van der Waals surface area (Å²) in [7, 11) is 3.62. The number of amides is 2. The molecule has 0 spiro atoms. The lowest BCUT2D eigenvalue weighted by molar-refractivity contribution is -0.121. The Morgan fingerprint density at radius 1 is 0.727 bits per heavy atom. The van der Waals surface area contributed by atoms with Crippen LogP contribution in [-0.2, 0) is 9.59 Å². The van der Waals surface area contributed by atoms with Crippen LogP contribution in [0.2, 0.25) is 0 Å². The summed E-state index contributed by atoms with van der Waals surface area (Å²) in [4.78, 5) is 22.6. The summed E-state index contributed by atoms with van der Waals surface area (Å²) < 4.78 is 0. The van der Waals surface area contributed by atoms with Gasteiger partial charge >= 0.3 is 0 Å². The van der Waals surface area contributed by atoms with Crippen molar-refractivity contribution in [1.82, 2.24) is 10.6 Å². The largest absolute Gasteiger partial charge is 0.356 e. The van der Waals surface area contributed by atoms with Crippen molar-refractivity contribution in [1.29, 1.82) is 0 Å². The van der Waals surface area contributed by atoms with Crippen LogP contribution in [0.1, 0.15) is 38.5 Å². The molecule has 6 N–H and O–H groups in total. The molecule has 0 saturated carbocycles. The average Bonchev–Trinajstić information content (AvgIpc) is 2.52. The zero-order valence-electron chi connectivity index (χ0n) is 13.3. The molecule has 130 valence electrons. The maximum atomic E-state index is 11.3. The van der Waals surface area contributed by atoms with Gasteiger partial charge in [-0.05, 0) is 38.8 Å². The number of carbonyl (C=O) groups is 2. The van der Waals surface area contributed by atoms with Gasteiger partial charge in [0.15, 0.2) is 0 Å². The molecule has 0 aromatic heterocycles. The van der Waals surface area contributed by atoms with Crippen LogP contribution in [0.15, 0.2) is 0 Å². The van der Waals surface area contributed by atoms with E-state index in [-0.39, 0.29) is 11.8 Å². The number of carbonyl (C=O) groups excluding carboxylic acids is 2. The van der Waals surface area contributed by atoms with E-state index in [0.29, 0.717) is 25.9 Å². The first-order valence-corrected chi connectivity index (χ1v) is 10.4. The van der Waals surface area contributed by atoms with Gasteiger partial charge in [-0.3, -0.25) is 9.59 Å². The minimum Gasteiger partial charge on any atom is -0.356 e. The second-order valence-electron chi connectivity index (χ2n) is 4.84. The Labute approximate surface area is 141 Å². The van der Waals surface area contributed by atoms with Crippen molar-refractivity contribution >= 4 is 33.4 Å². The van der Waals surface area contributed by atoms with Gasteiger partial charge in [-0.1, -0.05) is 21.6 Å². The van der Waals surface area contributed by atoms with Crippen LogP contribution in [-0.4, -0.2) is 49.5 Å². The molecular weight excluding hydrogens is 320 g/mol. The molecule has 0 heterocycles. The highest BCUT2D eigenvalue weighted by molar-refractivity contribution is 8.76. The van der Waals surface area contributed by atoms with E-state index in [9.17, 15) is 9.59 Å². The second-order valence-corrected chi connectivity index (χ2v) is 7.54. The zero-order chi connectivity index (χ0) is 16.5. The SMILES string of the molecule is NCCCC(=O)NCCCSSCCCNC(=O)CCCN. The van der Waals surface area contributed by atoms with Gasteiger partial charge < -0.3 is 22.1 Å². The predicted octanol–water partition coefficient (Wildman–Crippen LogP) is 0.858. The fraction of sp³-hybridized carbons (Fsp3) is 0.857. The van der Waals surface area contributed by atoms with Crippen LogP contribution in [0.25, 0.3) is 0 Å². The van der Waals surface area contributed by atoms with Crippen molar-refractivity contribution in [2.24, 2.45) is 11.5 Å². The van der Waals surface area contributed by atoms with E-state index in [1.165, 1.54) is 0 Å². The first kappa shape index (κ1) is 21.6. The van der Waals surface area contributed by atoms with Crippen molar-refractivity contribution in [2.45, 2.75) is 38.5 Å². The molecule has 8 heteroatoms. The number of hydrogen-bond donors (Lipinski definition) is 4. The van der Waals surface area contributed by atoms with E-state index in [1.807, 2.05) is 21.6 Å². The van der Waals surface area contributed by atoms with E-state index >= 15 is 0 Å². The lowest BCUT2D eigenvalue weighted by atomic mass is 10.3. The summed E-state index contributed by atoms with van der Waals surface area (Å²) in [5, 5.41) is 5.77. The number of hydrogen-bond acceptors (Lipinski definition) is 6. The van der Waals surface area contributed by atoms with Gasteiger partial charge in [-0.25, -0.2) is 0 Å². The van der Waals surface area contributed by atoms with Crippen molar-refractivity contribution in [3.05, 3.63) is 0 Å². The molecule has 0 fully saturated rings. The van der Waals surface area contributed by atoms with E-state index in [2.05, 4.69) is 10.6 Å². The maximum absolute atomic E-state index is 11.3. The highest BCUT2D eigenvalue weighted by Crippen LogP contribution is 2.22. The number of rotatable bonds is 15. The molecule has 0 aromatic carbocycles. The van der Waals surface area contributed by atoms with E-state index in [1.54, 1.807) is 0 Å². The van der Waals surface area contributed by atoms with E-state index < -0.39 is 0 Å². The Morgan fingerprint density at radius 2 is 1.14 bits per heavy atom.